The third kappa shape index (κ3) is 1.81. The maximum Gasteiger partial charge on any atom is 0.151 e. The molecule has 0 atom stereocenters. The van der Waals surface area contributed by atoms with E-state index in [1.54, 1.807) is 6.07 Å². The van der Waals surface area contributed by atoms with Crippen LogP contribution in [-0.4, -0.2) is 6.26 Å². The second-order valence-corrected chi connectivity index (χ2v) is 3.90. The van der Waals surface area contributed by atoms with E-state index in [9.17, 15) is 4.39 Å². The Morgan fingerprint density at radius 2 is 2.25 bits per heavy atom. The Kier molecular flexibility index (Phi) is 3.55. The summed E-state index contributed by atoms with van der Waals surface area (Å²) in [5.41, 5.74) is 6.20. The Hall–Kier alpha value is -0.0600. The largest absolute Gasteiger partial charge is 0.326 e. The van der Waals surface area contributed by atoms with Crippen LogP contribution in [0, 0.1) is 5.82 Å². The first-order valence-electron chi connectivity index (χ1n) is 3.41. The number of thioether (sulfide) groups is 1. The highest BCUT2D eigenvalue weighted by atomic mass is 79.9. The van der Waals surface area contributed by atoms with E-state index in [4.69, 9.17) is 5.73 Å². The molecule has 0 fully saturated rings. The number of hydrogen-bond acceptors (Lipinski definition) is 2. The van der Waals surface area contributed by atoms with Crippen molar-refractivity contribution in [1.29, 1.82) is 0 Å². The minimum absolute atomic E-state index is 0.217. The molecule has 12 heavy (non-hydrogen) atoms. The predicted octanol–water partition coefficient (Wildman–Crippen LogP) is 2.77. The van der Waals surface area contributed by atoms with Gasteiger partial charge < -0.3 is 5.73 Å². The summed E-state index contributed by atoms with van der Waals surface area (Å²) in [5, 5.41) is 0. The van der Waals surface area contributed by atoms with Gasteiger partial charge in [-0.1, -0.05) is 6.07 Å². The standard InChI is InChI=1S/C8H9BrFNS/c1-12-6-3-2-5(4-11)7(9)8(6)10/h2-3H,4,11H2,1H3. The average Bonchev–Trinajstić information content (AvgIpc) is 2.10. The molecular weight excluding hydrogens is 241 g/mol. The van der Waals surface area contributed by atoms with E-state index in [2.05, 4.69) is 15.9 Å². The molecule has 0 saturated carbocycles. The third-order valence-electron chi connectivity index (χ3n) is 1.57. The van der Waals surface area contributed by atoms with E-state index in [0.717, 1.165) is 5.56 Å². The molecule has 0 amide bonds. The maximum atomic E-state index is 13.3. The highest BCUT2D eigenvalue weighted by molar-refractivity contribution is 9.10. The minimum Gasteiger partial charge on any atom is -0.326 e. The molecule has 0 saturated heterocycles. The highest BCUT2D eigenvalue weighted by Gasteiger charge is 2.08. The summed E-state index contributed by atoms with van der Waals surface area (Å²) >= 11 is 4.55. The van der Waals surface area contributed by atoms with Crippen LogP contribution >= 0.6 is 27.7 Å². The predicted molar refractivity (Wildman–Crippen MR) is 53.8 cm³/mol. The summed E-state index contributed by atoms with van der Waals surface area (Å²) < 4.78 is 13.8. The number of rotatable bonds is 2. The van der Waals surface area contributed by atoms with E-state index in [1.165, 1.54) is 11.8 Å². The van der Waals surface area contributed by atoms with Gasteiger partial charge in [-0.15, -0.1) is 11.8 Å². The molecule has 66 valence electrons. The van der Waals surface area contributed by atoms with Gasteiger partial charge in [-0.3, -0.25) is 0 Å². The van der Waals surface area contributed by atoms with E-state index in [1.807, 2.05) is 12.3 Å². The fourth-order valence-corrected chi connectivity index (χ4v) is 2.01. The van der Waals surface area contributed by atoms with Crippen LogP contribution in [0.1, 0.15) is 5.56 Å². The van der Waals surface area contributed by atoms with E-state index < -0.39 is 0 Å². The Balaban J connectivity index is 3.20. The van der Waals surface area contributed by atoms with Crippen molar-refractivity contribution in [2.24, 2.45) is 5.73 Å². The van der Waals surface area contributed by atoms with Crippen molar-refractivity contribution in [3.05, 3.63) is 28.0 Å². The first-order chi connectivity index (χ1) is 5.70. The second kappa shape index (κ2) is 4.25. The van der Waals surface area contributed by atoms with Crippen LogP contribution < -0.4 is 5.73 Å². The number of hydrogen-bond donors (Lipinski definition) is 1. The Labute approximate surface area is 83.7 Å². The van der Waals surface area contributed by atoms with E-state index in [0.29, 0.717) is 15.9 Å². The summed E-state index contributed by atoms with van der Waals surface area (Å²) in [5.74, 6) is -0.217. The van der Waals surface area contributed by atoms with Gasteiger partial charge in [0.2, 0.25) is 0 Å². The lowest BCUT2D eigenvalue weighted by Gasteiger charge is -2.05. The number of halogens is 2. The highest BCUT2D eigenvalue weighted by Crippen LogP contribution is 2.28. The molecule has 0 bridgehead atoms. The molecule has 0 spiro atoms. The Morgan fingerprint density at radius 1 is 1.58 bits per heavy atom. The van der Waals surface area contributed by atoms with Crippen molar-refractivity contribution in [3.63, 3.8) is 0 Å². The van der Waals surface area contributed by atoms with Crippen LogP contribution in [0.25, 0.3) is 0 Å². The minimum atomic E-state index is -0.217. The Bertz CT molecular complexity index is 262. The maximum absolute atomic E-state index is 13.3. The average molecular weight is 250 g/mol. The molecule has 1 rings (SSSR count). The molecule has 0 unspecified atom stereocenters. The van der Waals surface area contributed by atoms with Gasteiger partial charge in [0.25, 0.3) is 0 Å². The smallest absolute Gasteiger partial charge is 0.151 e. The number of benzene rings is 1. The van der Waals surface area contributed by atoms with Gasteiger partial charge in [0.15, 0.2) is 5.82 Å². The number of nitrogens with two attached hydrogens (primary N) is 1. The fraction of sp³-hybridized carbons (Fsp3) is 0.250. The molecule has 0 aliphatic carbocycles. The second-order valence-electron chi connectivity index (χ2n) is 2.26. The van der Waals surface area contributed by atoms with Gasteiger partial charge in [0.1, 0.15) is 0 Å². The van der Waals surface area contributed by atoms with Crippen molar-refractivity contribution in [1.82, 2.24) is 0 Å². The zero-order valence-corrected chi connectivity index (χ0v) is 9.01. The van der Waals surface area contributed by atoms with Crippen molar-refractivity contribution in [2.75, 3.05) is 6.26 Å². The normalized spacial score (nSPS) is 10.3. The lowest BCUT2D eigenvalue weighted by atomic mass is 10.2. The third-order valence-corrected chi connectivity index (χ3v) is 3.18. The van der Waals surface area contributed by atoms with Crippen LogP contribution in [0.3, 0.4) is 0 Å². The molecule has 0 heterocycles. The fourth-order valence-electron chi connectivity index (χ4n) is 0.887. The quantitative estimate of drug-likeness (QED) is 0.817. The molecule has 0 radical (unpaired) electrons. The zero-order chi connectivity index (χ0) is 9.14. The van der Waals surface area contributed by atoms with Crippen molar-refractivity contribution in [2.45, 2.75) is 11.4 Å². The van der Waals surface area contributed by atoms with Gasteiger partial charge in [-0.2, -0.15) is 0 Å². The molecule has 0 aliphatic heterocycles. The summed E-state index contributed by atoms with van der Waals surface area (Å²) in [6, 6.07) is 3.58. The molecule has 2 N–H and O–H groups in total. The van der Waals surface area contributed by atoms with Crippen LogP contribution in [-0.2, 0) is 6.54 Å². The van der Waals surface area contributed by atoms with Crippen LogP contribution in [0.2, 0.25) is 0 Å². The lowest BCUT2D eigenvalue weighted by molar-refractivity contribution is 0.592. The molecule has 1 nitrogen and oxygen atoms in total. The summed E-state index contributed by atoms with van der Waals surface area (Å²) in [4.78, 5) is 0.638. The van der Waals surface area contributed by atoms with Gasteiger partial charge in [-0.05, 0) is 33.8 Å². The lowest BCUT2D eigenvalue weighted by Crippen LogP contribution is -1.99. The topological polar surface area (TPSA) is 26.0 Å². The molecule has 0 aromatic heterocycles. The Morgan fingerprint density at radius 3 is 2.75 bits per heavy atom. The summed E-state index contributed by atoms with van der Waals surface area (Å²) in [6.07, 6.45) is 1.84. The summed E-state index contributed by atoms with van der Waals surface area (Å²) in [6.45, 7) is 0.353. The van der Waals surface area contributed by atoms with Crippen LogP contribution in [0.5, 0.6) is 0 Å². The van der Waals surface area contributed by atoms with Crippen molar-refractivity contribution >= 4 is 27.7 Å². The first kappa shape index (κ1) is 10.0. The van der Waals surface area contributed by atoms with Gasteiger partial charge >= 0.3 is 0 Å². The van der Waals surface area contributed by atoms with Crippen molar-refractivity contribution in [3.8, 4) is 0 Å². The van der Waals surface area contributed by atoms with Crippen molar-refractivity contribution < 1.29 is 4.39 Å². The molecule has 4 heteroatoms. The van der Waals surface area contributed by atoms with Gasteiger partial charge in [-0.25, -0.2) is 4.39 Å². The monoisotopic (exact) mass is 249 g/mol. The first-order valence-corrected chi connectivity index (χ1v) is 5.43. The van der Waals surface area contributed by atoms with Crippen LogP contribution in [0.4, 0.5) is 4.39 Å². The molecule has 0 aliphatic rings. The molecular formula is C8H9BrFNS. The SMILES string of the molecule is CSc1ccc(CN)c(Br)c1F. The van der Waals surface area contributed by atoms with Gasteiger partial charge in [0, 0.05) is 11.4 Å². The summed E-state index contributed by atoms with van der Waals surface area (Å²) in [7, 11) is 0. The van der Waals surface area contributed by atoms with E-state index >= 15 is 0 Å². The molecule has 1 aromatic carbocycles. The van der Waals surface area contributed by atoms with E-state index in [-0.39, 0.29) is 5.82 Å². The zero-order valence-electron chi connectivity index (χ0n) is 6.60. The van der Waals surface area contributed by atoms with Crippen LogP contribution in [0.15, 0.2) is 21.5 Å². The van der Waals surface area contributed by atoms with Gasteiger partial charge in [0.05, 0.1) is 4.47 Å². The molecule has 1 aromatic rings.